The van der Waals surface area contributed by atoms with Crippen molar-refractivity contribution < 1.29 is 0 Å². The van der Waals surface area contributed by atoms with Crippen molar-refractivity contribution in [3.05, 3.63) is 45.4 Å². The van der Waals surface area contributed by atoms with Gasteiger partial charge in [0, 0.05) is 5.69 Å². The maximum atomic E-state index is 5.83. The van der Waals surface area contributed by atoms with Crippen LogP contribution in [-0.4, -0.2) is 4.98 Å². The Hall–Kier alpha value is -1.06. The van der Waals surface area contributed by atoms with Crippen molar-refractivity contribution in [1.82, 2.24) is 4.98 Å². The van der Waals surface area contributed by atoms with Crippen LogP contribution in [0.15, 0.2) is 30.5 Å². The Bertz CT molecular complexity index is 465. The van der Waals surface area contributed by atoms with Gasteiger partial charge in [0.05, 0.1) is 12.7 Å². The fraction of sp³-hybridized carbons (Fsp3) is 0.308. The molecule has 0 saturated heterocycles. The molecule has 0 spiro atoms. The monoisotopic (exact) mass is 266 g/mol. The minimum Gasteiger partial charge on any atom is -0.379 e. The van der Waals surface area contributed by atoms with Crippen molar-refractivity contribution in [2.45, 2.75) is 26.3 Å². The highest BCUT2D eigenvalue weighted by atomic mass is 35.5. The normalized spacial score (nSPS) is 10.5. The van der Waals surface area contributed by atoms with Gasteiger partial charge in [0.15, 0.2) is 0 Å². The quantitative estimate of drug-likeness (QED) is 0.870. The molecule has 2 aromatic rings. The molecule has 0 amide bonds. The Labute approximate surface area is 111 Å². The number of thiazole rings is 1. The maximum Gasteiger partial charge on any atom is 0.113 e. The van der Waals surface area contributed by atoms with Gasteiger partial charge in [-0.25, -0.2) is 4.98 Å². The summed E-state index contributed by atoms with van der Waals surface area (Å²) in [5.74, 6) is 0. The summed E-state index contributed by atoms with van der Waals surface area (Å²) in [5.41, 5.74) is 2.51. The van der Waals surface area contributed by atoms with Crippen LogP contribution in [0.5, 0.6) is 0 Å². The third-order valence-electron chi connectivity index (χ3n) is 2.46. The molecule has 1 aromatic heterocycles. The lowest BCUT2D eigenvalue weighted by Crippen LogP contribution is -1.98. The van der Waals surface area contributed by atoms with Crippen LogP contribution in [0.4, 0.5) is 5.69 Å². The van der Waals surface area contributed by atoms with Gasteiger partial charge in [-0.15, -0.1) is 11.3 Å². The van der Waals surface area contributed by atoms with Gasteiger partial charge >= 0.3 is 0 Å². The number of halogens is 1. The molecule has 0 radical (unpaired) electrons. The number of benzene rings is 1. The van der Waals surface area contributed by atoms with Gasteiger partial charge in [0.2, 0.25) is 0 Å². The van der Waals surface area contributed by atoms with E-state index in [1.165, 1.54) is 23.3 Å². The Morgan fingerprint density at radius 1 is 1.29 bits per heavy atom. The minimum atomic E-state index is 0.727. The number of aryl methyl sites for hydroxylation is 1. The molecule has 0 bridgehead atoms. The summed E-state index contributed by atoms with van der Waals surface area (Å²) in [7, 11) is 0. The highest BCUT2D eigenvalue weighted by Crippen LogP contribution is 2.19. The third-order valence-corrected chi connectivity index (χ3v) is 3.58. The van der Waals surface area contributed by atoms with Gasteiger partial charge in [-0.1, -0.05) is 37.1 Å². The molecule has 90 valence electrons. The molecule has 2 nitrogen and oxygen atoms in total. The molecule has 1 heterocycles. The molecular weight excluding hydrogens is 252 g/mol. The van der Waals surface area contributed by atoms with Crippen molar-refractivity contribution in [3.8, 4) is 0 Å². The third kappa shape index (κ3) is 3.72. The number of rotatable bonds is 5. The van der Waals surface area contributed by atoms with Crippen LogP contribution in [-0.2, 0) is 13.0 Å². The summed E-state index contributed by atoms with van der Waals surface area (Å²) in [6.45, 7) is 2.92. The Morgan fingerprint density at radius 2 is 2.06 bits per heavy atom. The van der Waals surface area contributed by atoms with E-state index in [-0.39, 0.29) is 0 Å². The van der Waals surface area contributed by atoms with Gasteiger partial charge in [0.1, 0.15) is 9.34 Å². The smallest absolute Gasteiger partial charge is 0.113 e. The molecule has 0 saturated carbocycles. The molecule has 2 rings (SSSR count). The lowest BCUT2D eigenvalue weighted by atomic mass is 10.1. The first-order valence-electron chi connectivity index (χ1n) is 5.71. The fourth-order valence-corrected chi connectivity index (χ4v) is 2.52. The average molecular weight is 267 g/mol. The van der Waals surface area contributed by atoms with E-state index in [2.05, 4.69) is 41.5 Å². The predicted molar refractivity (Wildman–Crippen MR) is 74.9 cm³/mol. The van der Waals surface area contributed by atoms with Crippen molar-refractivity contribution in [1.29, 1.82) is 0 Å². The van der Waals surface area contributed by atoms with Crippen LogP contribution in [0.3, 0.4) is 0 Å². The molecule has 17 heavy (non-hydrogen) atoms. The van der Waals surface area contributed by atoms with E-state index in [0.29, 0.717) is 0 Å². The molecule has 0 fully saturated rings. The summed E-state index contributed by atoms with van der Waals surface area (Å²) in [4.78, 5) is 4.20. The largest absolute Gasteiger partial charge is 0.379 e. The van der Waals surface area contributed by atoms with Crippen LogP contribution < -0.4 is 5.32 Å². The second-order valence-corrected chi connectivity index (χ2v) is 5.61. The van der Waals surface area contributed by atoms with E-state index in [0.717, 1.165) is 28.0 Å². The molecule has 1 N–H and O–H groups in total. The Morgan fingerprint density at radius 3 is 2.65 bits per heavy atom. The SMILES string of the molecule is CCCc1ccc(NCc2ncc(Cl)s2)cc1. The van der Waals surface area contributed by atoms with E-state index < -0.39 is 0 Å². The first-order chi connectivity index (χ1) is 8.28. The van der Waals surface area contributed by atoms with E-state index in [1.54, 1.807) is 6.20 Å². The van der Waals surface area contributed by atoms with Gasteiger partial charge in [-0.05, 0) is 24.1 Å². The second kappa shape index (κ2) is 6.03. The minimum absolute atomic E-state index is 0.727. The van der Waals surface area contributed by atoms with Crippen molar-refractivity contribution in [3.63, 3.8) is 0 Å². The highest BCUT2D eigenvalue weighted by Gasteiger charge is 1.99. The summed E-state index contributed by atoms with van der Waals surface area (Å²) < 4.78 is 0.736. The van der Waals surface area contributed by atoms with Crippen LogP contribution in [0, 0.1) is 0 Å². The lowest BCUT2D eigenvalue weighted by Gasteiger charge is -2.05. The van der Waals surface area contributed by atoms with E-state index >= 15 is 0 Å². The standard InChI is InChI=1S/C13H15ClN2S/c1-2-3-10-4-6-11(7-5-10)15-9-13-16-8-12(14)17-13/h4-8,15H,2-3,9H2,1H3. The zero-order valence-electron chi connectivity index (χ0n) is 9.74. The van der Waals surface area contributed by atoms with Gasteiger partial charge < -0.3 is 5.32 Å². The van der Waals surface area contributed by atoms with Crippen LogP contribution in [0.2, 0.25) is 4.34 Å². The van der Waals surface area contributed by atoms with Crippen molar-refractivity contribution in [2.24, 2.45) is 0 Å². The number of aromatic nitrogens is 1. The molecular formula is C13H15ClN2S. The number of nitrogens with zero attached hydrogens (tertiary/aromatic N) is 1. The van der Waals surface area contributed by atoms with E-state index in [1.807, 2.05) is 0 Å². The van der Waals surface area contributed by atoms with Gasteiger partial charge in [0.25, 0.3) is 0 Å². The Balaban J connectivity index is 1.90. The van der Waals surface area contributed by atoms with Crippen LogP contribution in [0.25, 0.3) is 0 Å². The van der Waals surface area contributed by atoms with E-state index in [9.17, 15) is 0 Å². The molecule has 0 aliphatic heterocycles. The molecule has 0 aliphatic rings. The molecule has 0 aliphatic carbocycles. The Kier molecular flexibility index (Phi) is 4.40. The van der Waals surface area contributed by atoms with Crippen LogP contribution in [0.1, 0.15) is 23.9 Å². The van der Waals surface area contributed by atoms with Gasteiger partial charge in [-0.3, -0.25) is 0 Å². The lowest BCUT2D eigenvalue weighted by molar-refractivity contribution is 0.922. The molecule has 4 heteroatoms. The number of nitrogens with one attached hydrogen (secondary N) is 1. The predicted octanol–water partition coefficient (Wildman–Crippen LogP) is 4.36. The number of anilines is 1. The van der Waals surface area contributed by atoms with Crippen molar-refractivity contribution in [2.75, 3.05) is 5.32 Å². The number of hydrogen-bond acceptors (Lipinski definition) is 3. The zero-order valence-corrected chi connectivity index (χ0v) is 11.3. The molecule has 0 unspecified atom stereocenters. The van der Waals surface area contributed by atoms with Crippen molar-refractivity contribution >= 4 is 28.6 Å². The summed E-state index contributed by atoms with van der Waals surface area (Å²) >= 11 is 7.34. The molecule has 0 atom stereocenters. The zero-order chi connectivity index (χ0) is 12.1. The first-order valence-corrected chi connectivity index (χ1v) is 6.90. The fourth-order valence-electron chi connectivity index (χ4n) is 1.63. The first kappa shape index (κ1) is 12.4. The van der Waals surface area contributed by atoms with Gasteiger partial charge in [-0.2, -0.15) is 0 Å². The summed E-state index contributed by atoms with van der Waals surface area (Å²) in [5, 5.41) is 4.34. The van der Waals surface area contributed by atoms with Crippen LogP contribution >= 0.6 is 22.9 Å². The topological polar surface area (TPSA) is 24.9 Å². The highest BCUT2D eigenvalue weighted by molar-refractivity contribution is 7.15. The molecule has 1 aromatic carbocycles. The number of hydrogen-bond donors (Lipinski definition) is 1. The average Bonchev–Trinajstić information content (AvgIpc) is 2.75. The summed E-state index contributed by atoms with van der Waals surface area (Å²) in [6, 6.07) is 8.56. The maximum absolute atomic E-state index is 5.83. The van der Waals surface area contributed by atoms with E-state index in [4.69, 9.17) is 11.6 Å². The second-order valence-electron chi connectivity index (χ2n) is 3.86. The summed E-state index contributed by atoms with van der Waals surface area (Å²) in [6.07, 6.45) is 4.01.